The second-order valence-corrected chi connectivity index (χ2v) is 6.27. The number of nitrogens with zero attached hydrogens (tertiary/aromatic N) is 2. The minimum atomic E-state index is -0.764. The molecule has 136 valence electrons. The van der Waals surface area contributed by atoms with Gasteiger partial charge in [-0.1, -0.05) is 12.2 Å². The first-order valence-corrected chi connectivity index (χ1v) is 8.42. The van der Waals surface area contributed by atoms with Gasteiger partial charge in [-0.25, -0.2) is 13.6 Å². The van der Waals surface area contributed by atoms with Crippen LogP contribution in [-0.4, -0.2) is 63.3 Å². The van der Waals surface area contributed by atoms with E-state index >= 15 is 0 Å². The van der Waals surface area contributed by atoms with E-state index in [1.807, 2.05) is 4.90 Å². The molecule has 1 aromatic rings. The van der Waals surface area contributed by atoms with Crippen molar-refractivity contribution in [3.05, 3.63) is 24.0 Å². The molecular formula is C16H19F2N3O3S. The Morgan fingerprint density at radius 2 is 2.12 bits per heavy atom. The van der Waals surface area contributed by atoms with Crippen molar-refractivity contribution in [3.63, 3.8) is 0 Å². The number of halogens is 2. The van der Waals surface area contributed by atoms with Crippen LogP contribution in [0.25, 0.3) is 0 Å². The van der Waals surface area contributed by atoms with Crippen molar-refractivity contribution in [2.24, 2.45) is 0 Å². The summed E-state index contributed by atoms with van der Waals surface area (Å²) in [6.07, 6.45) is -0.559. The van der Waals surface area contributed by atoms with Crippen molar-refractivity contribution < 1.29 is 23.0 Å². The van der Waals surface area contributed by atoms with Gasteiger partial charge in [0.05, 0.1) is 30.6 Å². The first-order chi connectivity index (χ1) is 12.1. The number of ether oxygens (including phenoxy) is 2. The maximum Gasteiger partial charge on any atom is 0.414 e. The van der Waals surface area contributed by atoms with Gasteiger partial charge in [0.15, 0.2) is 0 Å². The van der Waals surface area contributed by atoms with Gasteiger partial charge in [-0.2, -0.15) is 0 Å². The number of hydrogen-bond donors (Lipinski definition) is 1. The zero-order chi connectivity index (χ0) is 17.8. The van der Waals surface area contributed by atoms with Crippen LogP contribution >= 0.6 is 12.2 Å². The Kier molecular flexibility index (Phi) is 5.64. The van der Waals surface area contributed by atoms with Gasteiger partial charge in [0, 0.05) is 19.6 Å². The Morgan fingerprint density at radius 3 is 2.80 bits per heavy atom. The van der Waals surface area contributed by atoms with Crippen molar-refractivity contribution in [2.45, 2.75) is 6.04 Å². The van der Waals surface area contributed by atoms with Gasteiger partial charge in [-0.15, -0.1) is 0 Å². The van der Waals surface area contributed by atoms with Crippen molar-refractivity contribution in [2.75, 3.05) is 55.9 Å². The molecular weight excluding hydrogens is 352 g/mol. The van der Waals surface area contributed by atoms with Gasteiger partial charge in [0.1, 0.15) is 24.1 Å². The van der Waals surface area contributed by atoms with Gasteiger partial charge in [0.25, 0.3) is 0 Å². The summed E-state index contributed by atoms with van der Waals surface area (Å²) in [6, 6.07) is 4.27. The number of carbonyl (C=O) groups excluding carboxylic acids is 1. The van der Waals surface area contributed by atoms with E-state index in [4.69, 9.17) is 21.7 Å². The molecule has 0 aromatic heterocycles. The monoisotopic (exact) mass is 371 g/mol. The van der Waals surface area contributed by atoms with Crippen LogP contribution in [0.1, 0.15) is 0 Å². The molecule has 1 N–H and O–H groups in total. The third-order valence-electron chi connectivity index (χ3n) is 4.18. The molecule has 1 atom stereocenters. The fraction of sp³-hybridized carbons (Fsp3) is 0.500. The molecule has 0 radical (unpaired) electrons. The summed E-state index contributed by atoms with van der Waals surface area (Å²) in [4.78, 5) is 15.3. The van der Waals surface area contributed by atoms with E-state index in [-0.39, 0.29) is 24.2 Å². The highest BCUT2D eigenvalue weighted by molar-refractivity contribution is 7.80. The van der Waals surface area contributed by atoms with Crippen molar-refractivity contribution in [3.8, 4) is 0 Å². The van der Waals surface area contributed by atoms with E-state index in [0.29, 0.717) is 37.7 Å². The average Bonchev–Trinajstić information content (AvgIpc) is 3.00. The van der Waals surface area contributed by atoms with Gasteiger partial charge >= 0.3 is 6.09 Å². The summed E-state index contributed by atoms with van der Waals surface area (Å²) in [5, 5.41) is 2.74. The number of alkyl halides is 1. The molecule has 9 heteroatoms. The Labute approximate surface area is 149 Å². The topological polar surface area (TPSA) is 54.0 Å². The number of rotatable bonds is 5. The standard InChI is InChI=1S/C16H19F2N3O3S/c17-8-15(25)19-9-12-10-24-16(22)21(12)11-1-2-14(13(18)7-11)20-3-5-23-6-4-20/h1-2,7,12H,3-6,8-10H2,(H,19,25)/t12-/m0/s1. The number of carbonyl (C=O) groups is 1. The molecule has 3 rings (SSSR count). The van der Waals surface area contributed by atoms with Crippen LogP contribution in [-0.2, 0) is 9.47 Å². The summed E-state index contributed by atoms with van der Waals surface area (Å²) in [6.45, 7) is 1.96. The second-order valence-electron chi connectivity index (χ2n) is 5.77. The summed E-state index contributed by atoms with van der Waals surface area (Å²) in [7, 11) is 0. The van der Waals surface area contributed by atoms with E-state index in [9.17, 15) is 13.6 Å². The molecule has 2 heterocycles. The van der Waals surface area contributed by atoms with Crippen LogP contribution in [0.2, 0.25) is 0 Å². The molecule has 0 bridgehead atoms. The normalized spacial score (nSPS) is 20.6. The molecule has 25 heavy (non-hydrogen) atoms. The summed E-state index contributed by atoms with van der Waals surface area (Å²) >= 11 is 4.78. The zero-order valence-corrected chi connectivity index (χ0v) is 14.4. The van der Waals surface area contributed by atoms with Crippen LogP contribution in [0.5, 0.6) is 0 Å². The Morgan fingerprint density at radius 1 is 1.36 bits per heavy atom. The molecule has 0 saturated carbocycles. The van der Waals surface area contributed by atoms with Crippen LogP contribution in [0, 0.1) is 5.82 Å². The van der Waals surface area contributed by atoms with E-state index in [2.05, 4.69) is 5.32 Å². The number of thiocarbonyl (C=S) groups is 1. The lowest BCUT2D eigenvalue weighted by Gasteiger charge is -2.30. The number of amides is 1. The van der Waals surface area contributed by atoms with E-state index in [1.165, 1.54) is 11.0 Å². The molecule has 2 aliphatic heterocycles. The molecule has 2 aliphatic rings. The van der Waals surface area contributed by atoms with E-state index < -0.39 is 18.6 Å². The largest absolute Gasteiger partial charge is 0.447 e. The fourth-order valence-electron chi connectivity index (χ4n) is 2.91. The summed E-state index contributed by atoms with van der Waals surface area (Å²) in [5.74, 6) is -0.412. The number of anilines is 2. The van der Waals surface area contributed by atoms with Crippen LogP contribution in [0.15, 0.2) is 18.2 Å². The van der Waals surface area contributed by atoms with Crippen LogP contribution in [0.3, 0.4) is 0 Å². The highest BCUT2D eigenvalue weighted by Gasteiger charge is 2.34. The molecule has 2 saturated heterocycles. The van der Waals surface area contributed by atoms with Gasteiger partial charge < -0.3 is 19.7 Å². The van der Waals surface area contributed by atoms with Gasteiger partial charge in [0.2, 0.25) is 0 Å². The van der Waals surface area contributed by atoms with E-state index in [0.717, 1.165) is 0 Å². The minimum absolute atomic E-state index is 0.0631. The third kappa shape index (κ3) is 3.98. The second kappa shape index (κ2) is 7.92. The van der Waals surface area contributed by atoms with Gasteiger partial charge in [-0.05, 0) is 18.2 Å². The van der Waals surface area contributed by atoms with Crippen molar-refractivity contribution >= 4 is 34.7 Å². The quantitative estimate of drug-likeness (QED) is 0.798. The lowest BCUT2D eigenvalue weighted by molar-refractivity contribution is 0.122. The summed E-state index contributed by atoms with van der Waals surface area (Å²) < 4.78 is 37.3. The minimum Gasteiger partial charge on any atom is -0.447 e. The number of hydrogen-bond acceptors (Lipinski definition) is 5. The highest BCUT2D eigenvalue weighted by atomic mass is 32.1. The zero-order valence-electron chi connectivity index (χ0n) is 13.5. The number of benzene rings is 1. The third-order valence-corrected chi connectivity index (χ3v) is 4.43. The summed E-state index contributed by atoms with van der Waals surface area (Å²) in [5.41, 5.74) is 0.878. The average molecular weight is 371 g/mol. The van der Waals surface area contributed by atoms with Crippen LogP contribution in [0.4, 0.5) is 25.0 Å². The Bertz CT molecular complexity index is 656. The first-order valence-electron chi connectivity index (χ1n) is 8.01. The van der Waals surface area contributed by atoms with Crippen molar-refractivity contribution in [1.29, 1.82) is 0 Å². The number of morpholine rings is 1. The SMILES string of the molecule is O=C1OC[C@H](CNC(=S)CF)N1c1ccc(N2CCOCC2)c(F)c1. The van der Waals surface area contributed by atoms with E-state index in [1.54, 1.807) is 12.1 Å². The molecule has 0 aliphatic carbocycles. The smallest absolute Gasteiger partial charge is 0.414 e. The molecule has 1 amide bonds. The lowest BCUT2D eigenvalue weighted by Crippen LogP contribution is -2.43. The van der Waals surface area contributed by atoms with Gasteiger partial charge in [-0.3, -0.25) is 4.90 Å². The molecule has 6 nitrogen and oxygen atoms in total. The molecule has 1 aromatic carbocycles. The fourth-order valence-corrected chi connectivity index (χ4v) is 3.00. The highest BCUT2D eigenvalue weighted by Crippen LogP contribution is 2.29. The molecule has 2 fully saturated rings. The van der Waals surface area contributed by atoms with Crippen LogP contribution < -0.4 is 15.1 Å². The number of nitrogens with one attached hydrogen (secondary N) is 1. The molecule has 0 unspecified atom stereocenters. The predicted molar refractivity (Wildman–Crippen MR) is 93.6 cm³/mol. The number of cyclic esters (lactones) is 1. The maximum absolute atomic E-state index is 14.6. The first kappa shape index (κ1) is 17.8. The maximum atomic E-state index is 14.6. The predicted octanol–water partition coefficient (Wildman–Crippen LogP) is 1.87. The Hall–Kier alpha value is -2.00. The van der Waals surface area contributed by atoms with Crippen molar-refractivity contribution in [1.82, 2.24) is 5.32 Å². The molecule has 0 spiro atoms. The lowest BCUT2D eigenvalue weighted by atomic mass is 10.2. The Balaban J connectivity index is 1.75.